The molecule has 0 bridgehead atoms. The van der Waals surface area contributed by atoms with E-state index in [2.05, 4.69) is 20.0 Å². The molecule has 1 fully saturated rings. The molecule has 0 spiro atoms. The van der Waals surface area contributed by atoms with Crippen LogP contribution in [0.15, 0.2) is 35.5 Å². The smallest absolute Gasteiger partial charge is 0.254 e. The summed E-state index contributed by atoms with van der Waals surface area (Å²) in [6, 6.07) is 9.83. The molecule has 0 amide bonds. The SMILES string of the molecule is CC(C)=NOc1cc(N2CCCC2)nc(/C=C/c2nc(N(C)C)c3ccccc3n2)n1. The first kappa shape index (κ1) is 20.7. The van der Waals surface area contributed by atoms with E-state index in [-0.39, 0.29) is 0 Å². The van der Waals surface area contributed by atoms with Crippen LogP contribution in [0.3, 0.4) is 0 Å². The minimum Gasteiger partial charge on any atom is -0.362 e. The van der Waals surface area contributed by atoms with Crippen molar-refractivity contribution >= 4 is 40.4 Å². The molecule has 0 radical (unpaired) electrons. The molecule has 0 aliphatic carbocycles. The van der Waals surface area contributed by atoms with Crippen molar-refractivity contribution in [3.63, 3.8) is 0 Å². The zero-order valence-electron chi connectivity index (χ0n) is 18.4. The van der Waals surface area contributed by atoms with Gasteiger partial charge in [0.15, 0.2) is 11.6 Å². The number of benzene rings is 1. The molecule has 0 unspecified atom stereocenters. The number of hydrogen-bond acceptors (Lipinski definition) is 8. The maximum atomic E-state index is 5.51. The molecule has 1 aliphatic heterocycles. The first-order valence-electron chi connectivity index (χ1n) is 10.4. The molecular weight excluding hydrogens is 390 g/mol. The van der Waals surface area contributed by atoms with Gasteiger partial charge >= 0.3 is 0 Å². The maximum Gasteiger partial charge on any atom is 0.254 e. The third kappa shape index (κ3) is 4.96. The van der Waals surface area contributed by atoms with Gasteiger partial charge < -0.3 is 14.6 Å². The lowest BCUT2D eigenvalue weighted by atomic mass is 10.2. The van der Waals surface area contributed by atoms with Crippen LogP contribution in [0.4, 0.5) is 11.6 Å². The van der Waals surface area contributed by atoms with Crippen LogP contribution in [0.2, 0.25) is 0 Å². The average molecular weight is 418 g/mol. The molecule has 1 aliphatic rings. The van der Waals surface area contributed by atoms with Crippen LogP contribution in [0.5, 0.6) is 5.88 Å². The Morgan fingerprint density at radius 1 is 1.00 bits per heavy atom. The second kappa shape index (κ2) is 9.07. The van der Waals surface area contributed by atoms with Crippen molar-refractivity contribution in [2.24, 2.45) is 5.16 Å². The quantitative estimate of drug-likeness (QED) is 0.442. The summed E-state index contributed by atoms with van der Waals surface area (Å²) in [5.74, 6) is 3.27. The maximum absolute atomic E-state index is 5.51. The lowest BCUT2D eigenvalue weighted by molar-refractivity contribution is 0.326. The fraction of sp³-hybridized carbons (Fsp3) is 0.348. The molecular formula is C23H27N7O. The Bertz CT molecular complexity index is 1130. The number of nitrogens with zero attached hydrogens (tertiary/aromatic N) is 7. The van der Waals surface area contributed by atoms with E-state index in [0.29, 0.717) is 17.5 Å². The number of rotatable bonds is 6. The fourth-order valence-corrected chi connectivity index (χ4v) is 3.44. The molecule has 0 atom stereocenters. The molecule has 31 heavy (non-hydrogen) atoms. The Morgan fingerprint density at radius 2 is 1.71 bits per heavy atom. The largest absolute Gasteiger partial charge is 0.362 e. The first-order valence-corrected chi connectivity index (χ1v) is 10.4. The number of para-hydroxylation sites is 1. The van der Waals surface area contributed by atoms with Crippen molar-refractivity contribution in [2.75, 3.05) is 37.0 Å². The van der Waals surface area contributed by atoms with E-state index < -0.39 is 0 Å². The van der Waals surface area contributed by atoms with Crippen LogP contribution in [-0.4, -0.2) is 52.8 Å². The van der Waals surface area contributed by atoms with E-state index in [9.17, 15) is 0 Å². The highest BCUT2D eigenvalue weighted by Gasteiger charge is 2.16. The van der Waals surface area contributed by atoms with Crippen LogP contribution in [0.25, 0.3) is 23.1 Å². The van der Waals surface area contributed by atoms with Gasteiger partial charge in [0.25, 0.3) is 5.88 Å². The van der Waals surface area contributed by atoms with Crippen LogP contribution < -0.4 is 14.6 Å². The summed E-state index contributed by atoms with van der Waals surface area (Å²) in [5.41, 5.74) is 1.71. The summed E-state index contributed by atoms with van der Waals surface area (Å²) in [6.45, 7) is 5.72. The van der Waals surface area contributed by atoms with E-state index in [1.54, 1.807) is 0 Å². The third-order valence-electron chi connectivity index (χ3n) is 4.86. The normalized spacial score (nSPS) is 13.7. The van der Waals surface area contributed by atoms with E-state index in [1.165, 1.54) is 0 Å². The number of anilines is 2. The third-order valence-corrected chi connectivity index (χ3v) is 4.86. The Kier molecular flexibility index (Phi) is 6.06. The van der Waals surface area contributed by atoms with E-state index in [1.807, 2.05) is 75.3 Å². The van der Waals surface area contributed by atoms with E-state index in [4.69, 9.17) is 14.8 Å². The number of oxime groups is 1. The van der Waals surface area contributed by atoms with Gasteiger partial charge in [-0.25, -0.2) is 15.0 Å². The molecule has 3 heterocycles. The Balaban J connectivity index is 1.70. The molecule has 0 saturated carbocycles. The fourth-order valence-electron chi connectivity index (χ4n) is 3.44. The zero-order valence-corrected chi connectivity index (χ0v) is 18.4. The van der Waals surface area contributed by atoms with Crippen molar-refractivity contribution in [3.05, 3.63) is 42.0 Å². The summed E-state index contributed by atoms with van der Waals surface area (Å²) in [6.07, 6.45) is 5.98. The molecule has 160 valence electrons. The van der Waals surface area contributed by atoms with Gasteiger partial charge in [-0.05, 0) is 51.0 Å². The second-order valence-electron chi connectivity index (χ2n) is 7.90. The van der Waals surface area contributed by atoms with Crippen molar-refractivity contribution in [1.82, 2.24) is 19.9 Å². The van der Waals surface area contributed by atoms with Gasteiger partial charge in [0.05, 0.1) is 11.2 Å². The molecule has 8 heteroatoms. The standard InChI is InChI=1S/C23H27N7O/c1-16(2)28-31-22-15-21(30-13-7-8-14-30)25-20(26-22)12-11-19-24-18-10-6-5-9-17(18)23(27-19)29(3)4/h5-6,9-12,15H,7-8,13-14H2,1-4H3/b12-11+. The van der Waals surface area contributed by atoms with Crippen molar-refractivity contribution in [2.45, 2.75) is 26.7 Å². The van der Waals surface area contributed by atoms with Crippen molar-refractivity contribution in [3.8, 4) is 5.88 Å². The predicted octanol–water partition coefficient (Wildman–Crippen LogP) is 4.03. The van der Waals surface area contributed by atoms with Gasteiger partial charge in [-0.15, -0.1) is 0 Å². The van der Waals surface area contributed by atoms with Crippen molar-refractivity contribution < 1.29 is 4.84 Å². The van der Waals surface area contributed by atoms with Gasteiger partial charge in [0.1, 0.15) is 11.6 Å². The number of aromatic nitrogens is 4. The van der Waals surface area contributed by atoms with E-state index in [0.717, 1.165) is 54.2 Å². The number of fused-ring (bicyclic) bond motifs is 1. The predicted molar refractivity (Wildman–Crippen MR) is 126 cm³/mol. The molecule has 3 aromatic rings. The van der Waals surface area contributed by atoms with Gasteiger partial charge in [0.2, 0.25) is 0 Å². The summed E-state index contributed by atoms with van der Waals surface area (Å²) >= 11 is 0. The minimum atomic E-state index is 0.422. The molecule has 2 aromatic heterocycles. The van der Waals surface area contributed by atoms with Crippen molar-refractivity contribution in [1.29, 1.82) is 0 Å². The van der Waals surface area contributed by atoms with Crippen LogP contribution in [-0.2, 0) is 0 Å². The molecule has 1 aromatic carbocycles. The second-order valence-corrected chi connectivity index (χ2v) is 7.90. The van der Waals surface area contributed by atoms with Gasteiger partial charge in [0, 0.05) is 38.6 Å². The van der Waals surface area contributed by atoms with Crippen LogP contribution >= 0.6 is 0 Å². The first-order chi connectivity index (χ1) is 15.0. The minimum absolute atomic E-state index is 0.422. The van der Waals surface area contributed by atoms with Gasteiger partial charge in [-0.1, -0.05) is 17.3 Å². The Morgan fingerprint density at radius 3 is 2.42 bits per heavy atom. The summed E-state index contributed by atoms with van der Waals surface area (Å²) in [5, 5.41) is 5.05. The van der Waals surface area contributed by atoms with E-state index >= 15 is 0 Å². The van der Waals surface area contributed by atoms with Gasteiger partial charge in [-0.3, -0.25) is 0 Å². The highest BCUT2D eigenvalue weighted by Crippen LogP contribution is 2.24. The monoisotopic (exact) mass is 417 g/mol. The molecule has 1 saturated heterocycles. The molecule has 8 nitrogen and oxygen atoms in total. The zero-order chi connectivity index (χ0) is 21.8. The highest BCUT2D eigenvalue weighted by atomic mass is 16.6. The summed E-state index contributed by atoms with van der Waals surface area (Å²) < 4.78 is 0. The lowest BCUT2D eigenvalue weighted by Gasteiger charge is -2.17. The van der Waals surface area contributed by atoms with Crippen LogP contribution in [0, 0.1) is 0 Å². The molecule has 4 rings (SSSR count). The van der Waals surface area contributed by atoms with Crippen LogP contribution in [0.1, 0.15) is 38.3 Å². The lowest BCUT2D eigenvalue weighted by Crippen LogP contribution is -2.19. The Hall–Kier alpha value is -3.55. The summed E-state index contributed by atoms with van der Waals surface area (Å²) in [7, 11) is 3.95. The average Bonchev–Trinajstić information content (AvgIpc) is 3.30. The Labute approximate surface area is 182 Å². The number of hydrogen-bond donors (Lipinski definition) is 0. The van der Waals surface area contributed by atoms with Gasteiger partial charge in [-0.2, -0.15) is 4.98 Å². The molecule has 0 N–H and O–H groups in total. The topological polar surface area (TPSA) is 79.6 Å². The summed E-state index contributed by atoms with van der Waals surface area (Å²) in [4.78, 5) is 28.3. The highest BCUT2D eigenvalue weighted by molar-refractivity contribution is 5.90.